The van der Waals surface area contributed by atoms with Gasteiger partial charge >= 0.3 is 0 Å². The van der Waals surface area contributed by atoms with E-state index in [0.29, 0.717) is 12.0 Å². The van der Waals surface area contributed by atoms with Crippen molar-refractivity contribution in [3.8, 4) is 0 Å². The molecule has 0 aliphatic heterocycles. The molecule has 0 aromatic carbocycles. The van der Waals surface area contributed by atoms with Crippen molar-refractivity contribution in [2.75, 3.05) is 0 Å². The van der Waals surface area contributed by atoms with Gasteiger partial charge in [0.15, 0.2) is 0 Å². The molecule has 0 bridgehead atoms. The Morgan fingerprint density at radius 2 is 2.56 bits per heavy atom. The van der Waals surface area contributed by atoms with Crippen molar-refractivity contribution in [1.82, 2.24) is 9.59 Å². The molecular weight excluding hydrogens is 134 g/mol. The van der Waals surface area contributed by atoms with E-state index in [0.717, 1.165) is 12.1 Å². The molecule has 1 heterocycles. The molecule has 1 aromatic rings. The van der Waals surface area contributed by atoms with E-state index in [2.05, 4.69) is 9.59 Å². The van der Waals surface area contributed by atoms with Crippen LogP contribution in [-0.4, -0.2) is 15.6 Å². The maximum Gasteiger partial charge on any atom is 0.0802 e. The normalized spacial score (nSPS) is 32.6. The van der Waals surface area contributed by atoms with Crippen LogP contribution in [0.5, 0.6) is 0 Å². The van der Waals surface area contributed by atoms with Crippen molar-refractivity contribution < 1.29 is 0 Å². The minimum atomic E-state index is 0.355. The molecule has 1 saturated carbocycles. The van der Waals surface area contributed by atoms with Gasteiger partial charge in [-0.25, -0.2) is 0 Å². The summed E-state index contributed by atoms with van der Waals surface area (Å²) in [5.74, 6) is 0.517. The van der Waals surface area contributed by atoms with Gasteiger partial charge in [-0.05, 0) is 18.0 Å². The van der Waals surface area contributed by atoms with Gasteiger partial charge in [0.25, 0.3) is 0 Å². The van der Waals surface area contributed by atoms with E-state index in [4.69, 9.17) is 5.73 Å². The van der Waals surface area contributed by atoms with Crippen LogP contribution in [-0.2, 0) is 0 Å². The highest BCUT2D eigenvalue weighted by Gasteiger charge is 2.36. The molecule has 1 fully saturated rings. The average Bonchev–Trinajstić information content (AvgIpc) is 2.44. The fraction of sp³-hybridized carbons (Fsp3) is 0.600. The molecule has 0 unspecified atom stereocenters. The summed E-state index contributed by atoms with van der Waals surface area (Å²) in [6.45, 7) is 0. The number of rotatable bonds is 1. The van der Waals surface area contributed by atoms with Crippen LogP contribution in [0.1, 0.15) is 18.0 Å². The summed E-state index contributed by atoms with van der Waals surface area (Å²) < 4.78 is 3.75. The van der Waals surface area contributed by atoms with Gasteiger partial charge in [-0.15, -0.1) is 5.10 Å². The monoisotopic (exact) mass is 141 g/mol. The van der Waals surface area contributed by atoms with Gasteiger partial charge in [0.05, 0.1) is 5.69 Å². The van der Waals surface area contributed by atoms with Crippen molar-refractivity contribution >= 4 is 11.5 Å². The van der Waals surface area contributed by atoms with Crippen LogP contribution in [0.3, 0.4) is 0 Å². The zero-order chi connectivity index (χ0) is 6.27. The summed E-state index contributed by atoms with van der Waals surface area (Å²) in [4.78, 5) is 0. The summed E-state index contributed by atoms with van der Waals surface area (Å²) in [6, 6.07) is 0.355. The maximum atomic E-state index is 5.59. The lowest BCUT2D eigenvalue weighted by Crippen LogP contribution is -2.00. The fourth-order valence-electron chi connectivity index (χ4n) is 0.888. The smallest absolute Gasteiger partial charge is 0.0802 e. The average molecular weight is 141 g/mol. The molecule has 0 saturated heterocycles. The molecule has 1 aromatic heterocycles. The highest BCUT2D eigenvalue weighted by atomic mass is 32.1. The molecule has 0 spiro atoms. The Balaban J connectivity index is 2.18. The Hall–Kier alpha value is -0.480. The lowest BCUT2D eigenvalue weighted by molar-refractivity contribution is 0.925. The summed E-state index contributed by atoms with van der Waals surface area (Å²) in [6.07, 6.45) is 1.09. The largest absolute Gasteiger partial charge is 0.327 e. The maximum absolute atomic E-state index is 5.59. The Labute approximate surface area is 57.0 Å². The molecule has 1 aliphatic carbocycles. The Bertz CT molecular complexity index is 196. The van der Waals surface area contributed by atoms with Crippen molar-refractivity contribution in [3.63, 3.8) is 0 Å². The standard InChI is InChI=1S/C5H7N3S/c6-4-1-3(4)5-2-9-8-7-5/h2-4H,1,6H2/t3-,4-/m1/s1. The van der Waals surface area contributed by atoms with Crippen LogP contribution in [0, 0.1) is 0 Å². The number of hydrogen-bond acceptors (Lipinski definition) is 4. The summed E-state index contributed by atoms with van der Waals surface area (Å²) >= 11 is 1.39. The Morgan fingerprint density at radius 1 is 1.78 bits per heavy atom. The van der Waals surface area contributed by atoms with Crippen LogP contribution in [0.4, 0.5) is 0 Å². The first-order chi connectivity index (χ1) is 4.38. The minimum absolute atomic E-state index is 0.355. The van der Waals surface area contributed by atoms with Gasteiger partial charge in [-0.3, -0.25) is 0 Å². The minimum Gasteiger partial charge on any atom is -0.327 e. The molecule has 2 rings (SSSR count). The first-order valence-electron chi connectivity index (χ1n) is 2.90. The second-order valence-corrected chi connectivity index (χ2v) is 2.95. The first-order valence-corrected chi connectivity index (χ1v) is 3.74. The molecule has 3 nitrogen and oxygen atoms in total. The predicted octanol–water partition coefficient (Wildman–Crippen LogP) is 0.353. The summed E-state index contributed by atoms with van der Waals surface area (Å²) in [7, 11) is 0. The second-order valence-electron chi connectivity index (χ2n) is 2.34. The van der Waals surface area contributed by atoms with Crippen molar-refractivity contribution in [3.05, 3.63) is 11.1 Å². The highest BCUT2D eigenvalue weighted by molar-refractivity contribution is 7.03. The summed E-state index contributed by atoms with van der Waals surface area (Å²) in [5, 5.41) is 5.89. The fourth-order valence-corrected chi connectivity index (χ4v) is 1.41. The SMILES string of the molecule is N[C@@H]1C[C@H]1c1csnn1. The first kappa shape index (κ1) is 5.32. The van der Waals surface area contributed by atoms with Crippen LogP contribution in [0.15, 0.2) is 5.38 Å². The van der Waals surface area contributed by atoms with E-state index in [9.17, 15) is 0 Å². The van der Waals surface area contributed by atoms with Crippen LogP contribution < -0.4 is 5.73 Å². The predicted molar refractivity (Wildman–Crippen MR) is 35.2 cm³/mol. The second kappa shape index (κ2) is 1.75. The number of nitrogens with zero attached hydrogens (tertiary/aromatic N) is 2. The van der Waals surface area contributed by atoms with E-state index in [1.54, 1.807) is 0 Å². The van der Waals surface area contributed by atoms with Crippen molar-refractivity contribution in [2.45, 2.75) is 18.4 Å². The van der Waals surface area contributed by atoms with E-state index >= 15 is 0 Å². The van der Waals surface area contributed by atoms with Gasteiger partial charge in [0.2, 0.25) is 0 Å². The van der Waals surface area contributed by atoms with Crippen LogP contribution in [0.2, 0.25) is 0 Å². The zero-order valence-corrected chi connectivity index (χ0v) is 5.64. The van der Waals surface area contributed by atoms with Crippen LogP contribution in [0.25, 0.3) is 0 Å². The molecule has 2 N–H and O–H groups in total. The molecule has 0 radical (unpaired) electrons. The third kappa shape index (κ3) is 0.840. The summed E-state index contributed by atoms with van der Waals surface area (Å²) in [5.41, 5.74) is 6.67. The Kier molecular flexibility index (Phi) is 1.03. The third-order valence-electron chi connectivity index (χ3n) is 1.60. The number of hydrogen-bond donors (Lipinski definition) is 1. The third-order valence-corrected chi connectivity index (χ3v) is 2.12. The molecular formula is C5H7N3S. The van der Waals surface area contributed by atoms with Gasteiger partial charge in [-0.2, -0.15) is 0 Å². The topological polar surface area (TPSA) is 51.8 Å². The molecule has 2 atom stereocenters. The van der Waals surface area contributed by atoms with Crippen LogP contribution >= 0.6 is 11.5 Å². The number of nitrogens with two attached hydrogens (primary N) is 1. The van der Waals surface area contributed by atoms with Gasteiger partial charge in [-0.1, -0.05) is 4.49 Å². The molecule has 9 heavy (non-hydrogen) atoms. The molecule has 0 amide bonds. The van der Waals surface area contributed by atoms with Crippen molar-refractivity contribution in [2.24, 2.45) is 5.73 Å². The van der Waals surface area contributed by atoms with E-state index in [1.807, 2.05) is 5.38 Å². The van der Waals surface area contributed by atoms with Gasteiger partial charge in [0.1, 0.15) is 0 Å². The Morgan fingerprint density at radius 3 is 3.00 bits per heavy atom. The van der Waals surface area contributed by atoms with Gasteiger partial charge in [0, 0.05) is 17.3 Å². The zero-order valence-electron chi connectivity index (χ0n) is 4.82. The quantitative estimate of drug-likeness (QED) is 0.614. The molecule has 4 heteroatoms. The van der Waals surface area contributed by atoms with Gasteiger partial charge < -0.3 is 5.73 Å². The number of aromatic nitrogens is 2. The lowest BCUT2D eigenvalue weighted by atomic mass is 10.3. The van der Waals surface area contributed by atoms with Crippen molar-refractivity contribution in [1.29, 1.82) is 0 Å². The lowest BCUT2D eigenvalue weighted by Gasteiger charge is -1.83. The van der Waals surface area contributed by atoms with E-state index in [1.165, 1.54) is 11.5 Å². The van der Waals surface area contributed by atoms with E-state index in [-0.39, 0.29) is 0 Å². The highest BCUT2D eigenvalue weighted by Crippen LogP contribution is 2.37. The van der Waals surface area contributed by atoms with E-state index < -0.39 is 0 Å². The molecule has 1 aliphatic rings. The molecule has 48 valence electrons.